The second-order valence-corrected chi connectivity index (χ2v) is 6.52. The number of rotatable bonds is 5. The number of hydrogen-bond donors (Lipinski definition) is 2. The Morgan fingerprint density at radius 1 is 1.29 bits per heavy atom. The van der Waals surface area contributed by atoms with Gasteiger partial charge in [-0.15, -0.1) is 24.0 Å². The summed E-state index contributed by atoms with van der Waals surface area (Å²) in [5, 5.41) is 7.68. The molecule has 1 aliphatic heterocycles. The van der Waals surface area contributed by atoms with Gasteiger partial charge in [0.05, 0.1) is 19.3 Å². The van der Waals surface area contributed by atoms with E-state index in [2.05, 4.69) is 32.7 Å². The standard InChI is InChI=1S/C17H25ClN4O.HI/c1-19-17(21-15-6-7-15)20-12-16(22-8-10-23-11-9-22)13-2-4-14(18)5-3-13;/h2-5,15-16H,6-12H2,1H3,(H2,19,20,21);1H. The summed E-state index contributed by atoms with van der Waals surface area (Å²) in [5.41, 5.74) is 1.27. The summed E-state index contributed by atoms with van der Waals surface area (Å²) in [4.78, 5) is 6.79. The van der Waals surface area contributed by atoms with Gasteiger partial charge in [0.1, 0.15) is 0 Å². The zero-order valence-electron chi connectivity index (χ0n) is 14.0. The number of halogens is 2. The van der Waals surface area contributed by atoms with Crippen molar-refractivity contribution in [2.45, 2.75) is 24.9 Å². The SMILES string of the molecule is CN=C(NCC(c1ccc(Cl)cc1)N1CCOCC1)NC1CC1.I. The number of benzene rings is 1. The molecule has 1 saturated carbocycles. The molecule has 1 unspecified atom stereocenters. The van der Waals surface area contributed by atoms with E-state index >= 15 is 0 Å². The Morgan fingerprint density at radius 3 is 2.54 bits per heavy atom. The van der Waals surface area contributed by atoms with E-state index in [1.54, 1.807) is 0 Å². The second kappa shape index (κ2) is 9.79. The molecule has 1 aromatic rings. The molecule has 3 rings (SSSR count). The van der Waals surface area contributed by atoms with Crippen molar-refractivity contribution in [1.29, 1.82) is 0 Å². The van der Waals surface area contributed by atoms with E-state index in [4.69, 9.17) is 16.3 Å². The van der Waals surface area contributed by atoms with Crippen LogP contribution in [0.2, 0.25) is 5.02 Å². The minimum atomic E-state index is 0. The Bertz CT molecular complexity index is 530. The predicted octanol–water partition coefficient (Wildman–Crippen LogP) is 2.66. The van der Waals surface area contributed by atoms with Crippen molar-refractivity contribution >= 4 is 41.5 Å². The van der Waals surface area contributed by atoms with E-state index in [1.165, 1.54) is 18.4 Å². The fourth-order valence-electron chi connectivity index (χ4n) is 2.84. The number of ether oxygens (including phenoxy) is 1. The quantitative estimate of drug-likeness (QED) is 0.400. The molecular weight excluding hydrogens is 439 g/mol. The van der Waals surface area contributed by atoms with E-state index < -0.39 is 0 Å². The Balaban J connectivity index is 0.00000208. The Kier molecular flexibility index (Phi) is 8.06. The second-order valence-electron chi connectivity index (χ2n) is 6.09. The average molecular weight is 465 g/mol. The van der Waals surface area contributed by atoms with Crippen LogP contribution in [-0.4, -0.2) is 56.8 Å². The van der Waals surface area contributed by atoms with Crippen molar-refractivity contribution in [3.63, 3.8) is 0 Å². The zero-order chi connectivity index (χ0) is 16.1. The van der Waals surface area contributed by atoms with Gasteiger partial charge in [-0.3, -0.25) is 9.89 Å². The van der Waals surface area contributed by atoms with Gasteiger partial charge in [-0.25, -0.2) is 0 Å². The van der Waals surface area contributed by atoms with Crippen LogP contribution >= 0.6 is 35.6 Å². The molecule has 1 saturated heterocycles. The summed E-state index contributed by atoms with van der Waals surface area (Å²) >= 11 is 6.04. The van der Waals surface area contributed by atoms with Crippen molar-refractivity contribution in [3.8, 4) is 0 Å². The molecular formula is C17H26ClIN4O. The number of guanidine groups is 1. The normalized spacial score (nSPS) is 20.2. The molecule has 0 amide bonds. The lowest BCUT2D eigenvalue weighted by molar-refractivity contribution is 0.0170. The number of morpholine rings is 1. The molecule has 0 bridgehead atoms. The van der Waals surface area contributed by atoms with Crippen LogP contribution in [-0.2, 0) is 4.74 Å². The van der Waals surface area contributed by atoms with E-state index in [0.29, 0.717) is 6.04 Å². The summed E-state index contributed by atoms with van der Waals surface area (Å²) in [6.45, 7) is 4.29. The molecule has 7 heteroatoms. The smallest absolute Gasteiger partial charge is 0.191 e. The summed E-state index contributed by atoms with van der Waals surface area (Å²) in [6.07, 6.45) is 2.48. The van der Waals surface area contributed by atoms with E-state index in [1.807, 2.05) is 19.2 Å². The zero-order valence-corrected chi connectivity index (χ0v) is 17.1. The number of nitrogens with zero attached hydrogens (tertiary/aromatic N) is 2. The molecule has 0 radical (unpaired) electrons. The number of nitrogens with one attached hydrogen (secondary N) is 2. The van der Waals surface area contributed by atoms with Gasteiger partial charge in [0.15, 0.2) is 5.96 Å². The van der Waals surface area contributed by atoms with Crippen LogP contribution < -0.4 is 10.6 Å². The van der Waals surface area contributed by atoms with Crippen LogP contribution in [0.15, 0.2) is 29.3 Å². The fraction of sp³-hybridized carbons (Fsp3) is 0.588. The number of hydrogen-bond acceptors (Lipinski definition) is 3. The maximum Gasteiger partial charge on any atom is 0.191 e. The lowest BCUT2D eigenvalue weighted by Gasteiger charge is -2.35. The topological polar surface area (TPSA) is 48.9 Å². The van der Waals surface area contributed by atoms with Gasteiger partial charge in [0, 0.05) is 37.7 Å². The minimum Gasteiger partial charge on any atom is -0.379 e. The van der Waals surface area contributed by atoms with Gasteiger partial charge < -0.3 is 15.4 Å². The van der Waals surface area contributed by atoms with Crippen molar-refractivity contribution < 1.29 is 4.74 Å². The molecule has 0 aromatic heterocycles. The third-order valence-electron chi connectivity index (χ3n) is 4.35. The lowest BCUT2D eigenvalue weighted by atomic mass is 10.0. The van der Waals surface area contributed by atoms with Crippen LogP contribution in [0.1, 0.15) is 24.4 Å². The first-order valence-corrected chi connectivity index (χ1v) is 8.68. The highest BCUT2D eigenvalue weighted by atomic mass is 127. The predicted molar refractivity (Wildman–Crippen MR) is 110 cm³/mol. The molecule has 2 N–H and O–H groups in total. The third kappa shape index (κ3) is 5.75. The van der Waals surface area contributed by atoms with Crippen LogP contribution in [0.25, 0.3) is 0 Å². The van der Waals surface area contributed by atoms with Gasteiger partial charge in [0.2, 0.25) is 0 Å². The number of aliphatic imine (C=N–C) groups is 1. The first-order chi connectivity index (χ1) is 11.3. The Hall–Kier alpha value is -0.570. The van der Waals surface area contributed by atoms with Crippen LogP contribution in [0.5, 0.6) is 0 Å². The van der Waals surface area contributed by atoms with E-state index in [-0.39, 0.29) is 30.0 Å². The highest BCUT2D eigenvalue weighted by Gasteiger charge is 2.25. The Labute approximate surface area is 166 Å². The summed E-state index contributed by atoms with van der Waals surface area (Å²) in [7, 11) is 1.82. The molecule has 134 valence electrons. The van der Waals surface area contributed by atoms with Crippen molar-refractivity contribution in [3.05, 3.63) is 34.9 Å². The molecule has 2 fully saturated rings. The van der Waals surface area contributed by atoms with Crippen molar-refractivity contribution in [1.82, 2.24) is 15.5 Å². The first kappa shape index (κ1) is 19.8. The fourth-order valence-corrected chi connectivity index (χ4v) is 2.97. The summed E-state index contributed by atoms with van der Waals surface area (Å²) in [5.74, 6) is 0.889. The van der Waals surface area contributed by atoms with Gasteiger partial charge in [0.25, 0.3) is 0 Å². The molecule has 1 atom stereocenters. The van der Waals surface area contributed by atoms with Crippen molar-refractivity contribution in [2.24, 2.45) is 4.99 Å². The molecule has 5 nitrogen and oxygen atoms in total. The molecule has 0 spiro atoms. The maximum absolute atomic E-state index is 6.04. The molecule has 1 aromatic carbocycles. The third-order valence-corrected chi connectivity index (χ3v) is 4.60. The monoisotopic (exact) mass is 464 g/mol. The first-order valence-electron chi connectivity index (χ1n) is 8.30. The molecule has 2 aliphatic rings. The van der Waals surface area contributed by atoms with Crippen molar-refractivity contribution in [2.75, 3.05) is 39.9 Å². The van der Waals surface area contributed by atoms with Gasteiger partial charge >= 0.3 is 0 Å². The maximum atomic E-state index is 6.04. The minimum absolute atomic E-state index is 0. The lowest BCUT2D eigenvalue weighted by Crippen LogP contribution is -2.46. The van der Waals surface area contributed by atoms with Gasteiger partial charge in [-0.1, -0.05) is 23.7 Å². The van der Waals surface area contributed by atoms with Gasteiger partial charge in [-0.05, 0) is 30.5 Å². The van der Waals surface area contributed by atoms with Crippen LogP contribution in [0, 0.1) is 0 Å². The summed E-state index contributed by atoms with van der Waals surface area (Å²) in [6, 6.07) is 9.03. The summed E-state index contributed by atoms with van der Waals surface area (Å²) < 4.78 is 5.49. The molecule has 24 heavy (non-hydrogen) atoms. The van der Waals surface area contributed by atoms with E-state index in [0.717, 1.165) is 43.8 Å². The van der Waals surface area contributed by atoms with E-state index in [9.17, 15) is 0 Å². The average Bonchev–Trinajstić information content (AvgIpc) is 3.40. The van der Waals surface area contributed by atoms with Gasteiger partial charge in [-0.2, -0.15) is 0 Å². The highest BCUT2D eigenvalue weighted by Crippen LogP contribution is 2.23. The van der Waals surface area contributed by atoms with Crippen LogP contribution in [0.4, 0.5) is 0 Å². The highest BCUT2D eigenvalue weighted by molar-refractivity contribution is 14.0. The van der Waals surface area contributed by atoms with Crippen LogP contribution in [0.3, 0.4) is 0 Å². The molecule has 1 aliphatic carbocycles. The Morgan fingerprint density at radius 2 is 1.96 bits per heavy atom. The largest absolute Gasteiger partial charge is 0.379 e. The molecule has 1 heterocycles.